The van der Waals surface area contributed by atoms with Gasteiger partial charge in [-0.2, -0.15) is 10.4 Å². The van der Waals surface area contributed by atoms with Crippen LogP contribution in [0.5, 0.6) is 0 Å². The monoisotopic (exact) mass is 524 g/mol. The van der Waals surface area contributed by atoms with Gasteiger partial charge in [0, 0.05) is 32.1 Å². The lowest BCUT2D eigenvalue weighted by Gasteiger charge is -2.34. The largest absolute Gasteiger partial charge is 0.387 e. The van der Waals surface area contributed by atoms with E-state index in [2.05, 4.69) is 16.3 Å². The van der Waals surface area contributed by atoms with E-state index < -0.39 is 25.2 Å². The third-order valence-electron chi connectivity index (χ3n) is 7.74. The molecule has 1 fully saturated rings. The molecule has 0 radical (unpaired) electrons. The highest BCUT2D eigenvalue weighted by atomic mass is 32.2. The van der Waals surface area contributed by atoms with Gasteiger partial charge >= 0.3 is 0 Å². The maximum Gasteiger partial charge on any atom is 0.272 e. The number of nitrogens with zero attached hydrogens (tertiary/aromatic N) is 5. The second kappa shape index (κ2) is 8.41. The van der Waals surface area contributed by atoms with Gasteiger partial charge in [0.25, 0.3) is 5.91 Å². The number of aromatic nitrogens is 2. The van der Waals surface area contributed by atoms with Crippen molar-refractivity contribution in [2.75, 3.05) is 13.1 Å². The van der Waals surface area contributed by atoms with Crippen LogP contribution in [0.3, 0.4) is 0 Å². The molecule has 1 saturated carbocycles. The number of fused-ring (bicyclic) bond motifs is 1. The fraction of sp³-hybridized carbons (Fsp3) is 0.480. The van der Waals surface area contributed by atoms with E-state index in [0.29, 0.717) is 54.9 Å². The molecule has 2 aliphatic heterocycles. The number of carbonyl (C=O) groups is 2. The molecule has 3 aliphatic rings. The van der Waals surface area contributed by atoms with E-state index in [1.807, 2.05) is 12.1 Å². The number of primary amides is 1. The van der Waals surface area contributed by atoms with Gasteiger partial charge in [0.2, 0.25) is 5.91 Å². The Bertz CT molecular complexity index is 1480. The van der Waals surface area contributed by atoms with Crippen molar-refractivity contribution < 1.29 is 22.8 Å². The zero-order valence-corrected chi connectivity index (χ0v) is 21.7. The first-order chi connectivity index (χ1) is 17.4. The van der Waals surface area contributed by atoms with Gasteiger partial charge in [0.15, 0.2) is 15.9 Å². The molecule has 1 aromatic heterocycles. The minimum Gasteiger partial charge on any atom is -0.387 e. The maximum absolute atomic E-state index is 13.5. The second-order valence-electron chi connectivity index (χ2n) is 10.4. The van der Waals surface area contributed by atoms with E-state index in [1.165, 1.54) is 18.5 Å². The number of hydrogen-bond acceptors (Lipinski definition) is 8. The number of hydrogen-bond donors (Lipinski definition) is 1. The van der Waals surface area contributed by atoms with Crippen molar-refractivity contribution in [3.05, 3.63) is 52.3 Å². The summed E-state index contributed by atoms with van der Waals surface area (Å²) in [5, 5.41) is 17.8. The molecule has 0 bridgehead atoms. The van der Waals surface area contributed by atoms with Crippen LogP contribution in [-0.2, 0) is 32.9 Å². The van der Waals surface area contributed by atoms with Gasteiger partial charge in [-0.25, -0.2) is 8.42 Å². The van der Waals surface area contributed by atoms with E-state index >= 15 is 0 Å². The lowest BCUT2D eigenvalue weighted by molar-refractivity contribution is -0.119. The Kier molecular flexibility index (Phi) is 5.67. The standard InChI is InChI=1S/C25H28N6O5S/c1-24(2,23(27)33)37(34,35)25(9-10-25)14-31-11-8-17-20(28-30(3)21(17)22(31)32)18-12-19(36-29-18)16-6-4-15(13-26)5-7-16/h4-7,19H,8-12,14H2,1-3H3,(H2,27,33)/t19-/m0/s1. The number of aryl methyl sites for hydroxylation is 1. The summed E-state index contributed by atoms with van der Waals surface area (Å²) in [5.41, 5.74) is 9.25. The molecule has 2 N–H and O–H groups in total. The first-order valence-corrected chi connectivity index (χ1v) is 13.5. The molecule has 5 rings (SSSR count). The molecule has 0 saturated heterocycles. The van der Waals surface area contributed by atoms with E-state index in [9.17, 15) is 18.0 Å². The molecular formula is C25H28N6O5S. The van der Waals surface area contributed by atoms with Gasteiger partial charge in [-0.05, 0) is 50.8 Å². The molecule has 37 heavy (non-hydrogen) atoms. The van der Waals surface area contributed by atoms with Crippen molar-refractivity contribution >= 4 is 27.4 Å². The normalized spacial score (nSPS) is 20.6. The van der Waals surface area contributed by atoms with Gasteiger partial charge in [0.1, 0.15) is 21.8 Å². The Balaban J connectivity index is 1.35. The molecule has 11 nitrogen and oxygen atoms in total. The number of benzene rings is 1. The first kappa shape index (κ1) is 25.0. The highest BCUT2D eigenvalue weighted by Crippen LogP contribution is 2.49. The minimum absolute atomic E-state index is 0.00958. The van der Waals surface area contributed by atoms with Crippen molar-refractivity contribution in [2.45, 2.75) is 55.1 Å². The summed E-state index contributed by atoms with van der Waals surface area (Å²) < 4.78 is 25.3. The highest BCUT2D eigenvalue weighted by molar-refractivity contribution is 7.95. The number of rotatable bonds is 7. The lowest BCUT2D eigenvalue weighted by Crippen LogP contribution is -2.54. The molecule has 1 atom stereocenters. The third-order valence-corrected chi connectivity index (χ3v) is 11.0. The molecule has 2 aromatic rings. The fourth-order valence-electron chi connectivity index (χ4n) is 5.09. The Labute approximate surface area is 214 Å². The third kappa shape index (κ3) is 3.80. The topological polar surface area (TPSA) is 161 Å². The van der Waals surface area contributed by atoms with Crippen LogP contribution >= 0.6 is 0 Å². The van der Waals surface area contributed by atoms with Crippen molar-refractivity contribution in [3.63, 3.8) is 0 Å². The van der Waals surface area contributed by atoms with Gasteiger partial charge in [-0.3, -0.25) is 14.3 Å². The quantitative estimate of drug-likeness (QED) is 0.572. The molecule has 1 aromatic carbocycles. The highest BCUT2D eigenvalue weighted by Gasteiger charge is 2.62. The Morgan fingerprint density at radius 1 is 1.30 bits per heavy atom. The first-order valence-electron chi connectivity index (χ1n) is 12.0. The van der Waals surface area contributed by atoms with Gasteiger partial charge in [-0.1, -0.05) is 17.3 Å². The van der Waals surface area contributed by atoms with Crippen LogP contribution in [0.15, 0.2) is 29.4 Å². The molecular weight excluding hydrogens is 496 g/mol. The predicted molar refractivity (Wildman–Crippen MR) is 133 cm³/mol. The summed E-state index contributed by atoms with van der Waals surface area (Å²) in [7, 11) is -2.25. The molecule has 1 aliphatic carbocycles. The maximum atomic E-state index is 13.5. The molecule has 2 amide bonds. The van der Waals surface area contributed by atoms with Gasteiger partial charge < -0.3 is 15.5 Å². The molecule has 194 valence electrons. The van der Waals surface area contributed by atoms with Crippen LogP contribution < -0.4 is 5.73 Å². The van der Waals surface area contributed by atoms with E-state index in [4.69, 9.17) is 15.8 Å². The van der Waals surface area contributed by atoms with Crippen LogP contribution in [0.25, 0.3) is 0 Å². The summed E-state index contributed by atoms with van der Waals surface area (Å²) in [6.07, 6.45) is 1.40. The number of amides is 2. The second-order valence-corrected chi connectivity index (χ2v) is 13.3. The van der Waals surface area contributed by atoms with Crippen LogP contribution in [0, 0.1) is 11.3 Å². The SMILES string of the molecule is Cn1nc(C2=NO[C@H](c3ccc(C#N)cc3)C2)c2c1C(=O)N(CC1(S(=O)(=O)C(C)(C)C(N)=O)CC1)CC2. The summed E-state index contributed by atoms with van der Waals surface area (Å²) in [6, 6.07) is 9.21. The van der Waals surface area contributed by atoms with Crippen molar-refractivity contribution in [1.29, 1.82) is 5.26 Å². The van der Waals surface area contributed by atoms with Crippen molar-refractivity contribution in [2.24, 2.45) is 17.9 Å². The smallest absolute Gasteiger partial charge is 0.272 e. The fourth-order valence-corrected chi connectivity index (χ4v) is 7.41. The minimum atomic E-state index is -3.93. The lowest BCUT2D eigenvalue weighted by atomic mass is 9.97. The van der Waals surface area contributed by atoms with E-state index in [0.717, 1.165) is 11.1 Å². The number of nitrogens with two attached hydrogens (primary N) is 1. The molecule has 12 heteroatoms. The molecule has 0 unspecified atom stereocenters. The van der Waals surface area contributed by atoms with Crippen molar-refractivity contribution in [1.82, 2.24) is 14.7 Å². The van der Waals surface area contributed by atoms with Gasteiger partial charge in [-0.15, -0.1) is 0 Å². The summed E-state index contributed by atoms with van der Waals surface area (Å²) in [5.74, 6) is -1.20. The van der Waals surface area contributed by atoms with Crippen molar-refractivity contribution in [3.8, 4) is 6.07 Å². The Hall–Kier alpha value is -3.72. The molecule has 0 spiro atoms. The number of carbonyl (C=O) groups excluding carboxylic acids is 2. The zero-order chi connectivity index (χ0) is 26.8. The average molecular weight is 525 g/mol. The molecule has 3 heterocycles. The summed E-state index contributed by atoms with van der Waals surface area (Å²) in [4.78, 5) is 32.6. The van der Waals surface area contributed by atoms with Crippen LogP contribution in [0.4, 0.5) is 0 Å². The zero-order valence-electron chi connectivity index (χ0n) is 20.9. The summed E-state index contributed by atoms with van der Waals surface area (Å²) >= 11 is 0. The Morgan fingerprint density at radius 3 is 2.57 bits per heavy atom. The number of sulfone groups is 1. The van der Waals surface area contributed by atoms with Crippen LogP contribution in [-0.4, -0.2) is 63.2 Å². The van der Waals surface area contributed by atoms with Gasteiger partial charge in [0.05, 0.1) is 16.4 Å². The van der Waals surface area contributed by atoms with Crippen LogP contribution in [0.2, 0.25) is 0 Å². The number of oxime groups is 1. The summed E-state index contributed by atoms with van der Waals surface area (Å²) in [6.45, 7) is 2.98. The van der Waals surface area contributed by atoms with E-state index in [-0.39, 0.29) is 18.6 Å². The predicted octanol–water partition coefficient (Wildman–Crippen LogP) is 1.37. The average Bonchev–Trinajstić information content (AvgIpc) is 3.36. The van der Waals surface area contributed by atoms with E-state index in [1.54, 1.807) is 24.1 Å². The Morgan fingerprint density at radius 2 is 1.97 bits per heavy atom. The van der Waals surface area contributed by atoms with Crippen LogP contribution in [0.1, 0.15) is 72.1 Å². The number of nitriles is 1.